The first-order chi connectivity index (χ1) is 14.0. The van der Waals surface area contributed by atoms with Gasteiger partial charge in [-0.1, -0.05) is 13.0 Å². The minimum Gasteiger partial charge on any atom is -0.314 e. The Bertz CT molecular complexity index is 1260. The molecule has 29 heavy (non-hydrogen) atoms. The highest BCUT2D eigenvalue weighted by Gasteiger charge is 2.18. The summed E-state index contributed by atoms with van der Waals surface area (Å²) in [6.45, 7) is 2.04. The van der Waals surface area contributed by atoms with Crippen molar-refractivity contribution in [3.05, 3.63) is 70.5 Å². The maximum Gasteiger partial charge on any atom is 0.157 e. The molecule has 0 amide bonds. The average molecular weight is 451 g/mol. The van der Waals surface area contributed by atoms with E-state index in [1.165, 1.54) is 12.1 Å². The van der Waals surface area contributed by atoms with Crippen molar-refractivity contribution in [2.75, 3.05) is 11.9 Å². The van der Waals surface area contributed by atoms with Crippen molar-refractivity contribution >= 4 is 33.2 Å². The van der Waals surface area contributed by atoms with Gasteiger partial charge in [-0.25, -0.2) is 19.3 Å². The SMILES string of the molecule is CCc1nc2cnc(Br)cn2c1N(C)c1cccc(-c2ccc(F)cc2C#N)n1. The topological polar surface area (TPSA) is 70.1 Å². The average Bonchev–Trinajstić information content (AvgIpc) is 3.10. The van der Waals surface area contributed by atoms with Crippen molar-refractivity contribution in [1.82, 2.24) is 19.4 Å². The van der Waals surface area contributed by atoms with E-state index in [9.17, 15) is 9.65 Å². The fourth-order valence-electron chi connectivity index (χ4n) is 3.26. The van der Waals surface area contributed by atoms with E-state index in [1.54, 1.807) is 18.3 Å². The van der Waals surface area contributed by atoms with Gasteiger partial charge in [0.2, 0.25) is 0 Å². The maximum absolute atomic E-state index is 13.5. The van der Waals surface area contributed by atoms with Gasteiger partial charge >= 0.3 is 0 Å². The molecule has 6 nitrogen and oxygen atoms in total. The highest BCUT2D eigenvalue weighted by Crippen LogP contribution is 2.30. The normalized spacial score (nSPS) is 10.9. The van der Waals surface area contributed by atoms with Gasteiger partial charge in [-0.2, -0.15) is 5.26 Å². The summed E-state index contributed by atoms with van der Waals surface area (Å²) in [6, 6.07) is 11.7. The van der Waals surface area contributed by atoms with Crippen molar-refractivity contribution in [2.45, 2.75) is 13.3 Å². The molecule has 144 valence electrons. The lowest BCUT2D eigenvalue weighted by molar-refractivity contribution is 0.627. The summed E-state index contributed by atoms with van der Waals surface area (Å²) in [6.07, 6.45) is 4.32. The summed E-state index contributed by atoms with van der Waals surface area (Å²) >= 11 is 3.41. The Morgan fingerprint density at radius 1 is 1.24 bits per heavy atom. The van der Waals surface area contributed by atoms with Crippen LogP contribution in [0.1, 0.15) is 18.2 Å². The monoisotopic (exact) mass is 450 g/mol. The van der Waals surface area contributed by atoms with Crippen LogP contribution in [-0.4, -0.2) is 26.4 Å². The number of nitrogens with zero attached hydrogens (tertiary/aromatic N) is 6. The molecule has 0 bridgehead atoms. The fraction of sp³-hybridized carbons (Fsp3) is 0.143. The van der Waals surface area contributed by atoms with Gasteiger partial charge in [0.1, 0.15) is 22.1 Å². The Morgan fingerprint density at radius 2 is 2.07 bits per heavy atom. The molecule has 0 saturated heterocycles. The van der Waals surface area contributed by atoms with Crippen LogP contribution in [0.3, 0.4) is 0 Å². The van der Waals surface area contributed by atoms with Gasteiger partial charge in [-0.05, 0) is 52.7 Å². The quantitative estimate of drug-likeness (QED) is 0.442. The van der Waals surface area contributed by atoms with Gasteiger partial charge in [0.05, 0.1) is 29.2 Å². The Kier molecular flexibility index (Phi) is 4.99. The minimum absolute atomic E-state index is 0.247. The predicted octanol–water partition coefficient (Wildman–Crippen LogP) is 4.89. The van der Waals surface area contributed by atoms with Gasteiger partial charge in [-0.15, -0.1) is 0 Å². The second-order valence-corrected chi connectivity index (χ2v) is 7.23. The summed E-state index contributed by atoms with van der Waals surface area (Å²) in [7, 11) is 1.92. The van der Waals surface area contributed by atoms with Gasteiger partial charge in [0.15, 0.2) is 5.65 Å². The number of aryl methyl sites for hydroxylation is 1. The predicted molar refractivity (Wildman–Crippen MR) is 112 cm³/mol. The van der Waals surface area contributed by atoms with E-state index in [4.69, 9.17) is 4.98 Å². The molecule has 3 aromatic heterocycles. The first kappa shape index (κ1) is 19.0. The first-order valence-corrected chi connectivity index (χ1v) is 9.74. The van der Waals surface area contributed by atoms with E-state index in [-0.39, 0.29) is 5.56 Å². The lowest BCUT2D eigenvalue weighted by Crippen LogP contribution is -2.15. The molecule has 0 saturated carbocycles. The number of imidazole rings is 1. The van der Waals surface area contributed by atoms with Crippen LogP contribution in [0.4, 0.5) is 16.0 Å². The van der Waals surface area contributed by atoms with E-state index in [2.05, 4.69) is 25.9 Å². The summed E-state index contributed by atoms with van der Waals surface area (Å²) in [5.74, 6) is 1.12. The van der Waals surface area contributed by atoms with Crippen LogP contribution in [0.5, 0.6) is 0 Å². The molecule has 0 aliphatic rings. The van der Waals surface area contributed by atoms with Crippen molar-refractivity contribution in [2.24, 2.45) is 0 Å². The molecule has 3 heterocycles. The van der Waals surface area contributed by atoms with Crippen LogP contribution in [0.15, 0.2) is 53.4 Å². The zero-order valence-corrected chi connectivity index (χ0v) is 17.4. The van der Waals surface area contributed by atoms with Gasteiger partial charge in [0.25, 0.3) is 0 Å². The number of halogens is 2. The van der Waals surface area contributed by atoms with E-state index in [0.29, 0.717) is 21.7 Å². The van der Waals surface area contributed by atoms with Crippen LogP contribution in [-0.2, 0) is 6.42 Å². The Labute approximate surface area is 175 Å². The number of nitriles is 1. The van der Waals surface area contributed by atoms with E-state index in [0.717, 1.165) is 23.6 Å². The third-order valence-corrected chi connectivity index (χ3v) is 5.04. The molecule has 4 aromatic rings. The molecule has 1 aromatic carbocycles. The molecular formula is C21H16BrFN6. The highest BCUT2D eigenvalue weighted by molar-refractivity contribution is 9.10. The third-order valence-electron chi connectivity index (χ3n) is 4.63. The molecule has 0 aliphatic heterocycles. The largest absolute Gasteiger partial charge is 0.314 e. The van der Waals surface area contributed by atoms with Crippen molar-refractivity contribution in [3.63, 3.8) is 0 Å². The summed E-state index contributed by atoms with van der Waals surface area (Å²) in [5, 5.41) is 9.37. The smallest absolute Gasteiger partial charge is 0.157 e. The molecule has 0 radical (unpaired) electrons. The molecule has 0 unspecified atom stereocenters. The summed E-state index contributed by atoms with van der Waals surface area (Å²) in [5.41, 5.74) is 3.09. The number of pyridine rings is 1. The number of rotatable bonds is 4. The highest BCUT2D eigenvalue weighted by atomic mass is 79.9. The number of fused-ring (bicyclic) bond motifs is 1. The first-order valence-electron chi connectivity index (χ1n) is 8.95. The lowest BCUT2D eigenvalue weighted by Gasteiger charge is -2.20. The van der Waals surface area contributed by atoms with Crippen LogP contribution in [0.2, 0.25) is 0 Å². The number of benzene rings is 1. The Morgan fingerprint density at radius 3 is 2.83 bits per heavy atom. The molecule has 4 rings (SSSR count). The van der Waals surface area contributed by atoms with E-state index >= 15 is 0 Å². The fourth-order valence-corrected chi connectivity index (χ4v) is 3.57. The van der Waals surface area contributed by atoms with Crippen molar-refractivity contribution in [1.29, 1.82) is 5.26 Å². The van der Waals surface area contributed by atoms with Crippen LogP contribution < -0.4 is 4.90 Å². The Hall–Kier alpha value is -3.31. The number of hydrogen-bond acceptors (Lipinski definition) is 5. The van der Waals surface area contributed by atoms with Crippen molar-refractivity contribution < 1.29 is 4.39 Å². The second kappa shape index (κ2) is 7.60. The van der Waals surface area contributed by atoms with E-state index in [1.807, 2.05) is 47.7 Å². The number of aromatic nitrogens is 4. The van der Waals surface area contributed by atoms with Crippen molar-refractivity contribution in [3.8, 4) is 17.3 Å². The van der Waals surface area contributed by atoms with Crippen LogP contribution >= 0.6 is 15.9 Å². The summed E-state index contributed by atoms with van der Waals surface area (Å²) in [4.78, 5) is 15.6. The molecule has 0 fully saturated rings. The molecule has 8 heteroatoms. The summed E-state index contributed by atoms with van der Waals surface area (Å²) < 4.78 is 16.2. The number of hydrogen-bond donors (Lipinski definition) is 0. The molecular weight excluding hydrogens is 435 g/mol. The maximum atomic E-state index is 13.5. The third kappa shape index (κ3) is 3.45. The van der Waals surface area contributed by atoms with Gasteiger partial charge < -0.3 is 4.90 Å². The molecule has 0 aliphatic carbocycles. The second-order valence-electron chi connectivity index (χ2n) is 6.42. The van der Waals surface area contributed by atoms with Crippen LogP contribution in [0.25, 0.3) is 16.9 Å². The lowest BCUT2D eigenvalue weighted by atomic mass is 10.0. The Balaban J connectivity index is 1.83. The molecule has 0 atom stereocenters. The van der Waals surface area contributed by atoms with Gasteiger partial charge in [-0.3, -0.25) is 4.40 Å². The van der Waals surface area contributed by atoms with Gasteiger partial charge in [0, 0.05) is 18.8 Å². The zero-order chi connectivity index (χ0) is 20.5. The van der Waals surface area contributed by atoms with Crippen LogP contribution in [0, 0.1) is 17.1 Å². The zero-order valence-electron chi connectivity index (χ0n) is 15.8. The molecule has 0 spiro atoms. The standard InChI is InChI=1S/C21H16BrFN6/c1-3-16-21(29-12-18(22)25-11-20(29)26-16)28(2)19-6-4-5-17(27-19)15-8-7-14(23)9-13(15)10-24/h4-9,11-12H,3H2,1-2H3. The van der Waals surface area contributed by atoms with E-state index < -0.39 is 5.82 Å². The molecule has 0 N–H and O–H groups in total. The minimum atomic E-state index is -0.448. The number of anilines is 2.